The summed E-state index contributed by atoms with van der Waals surface area (Å²) in [6.45, 7) is 5.43. The summed E-state index contributed by atoms with van der Waals surface area (Å²) >= 11 is 0. The molecule has 3 N–H and O–H groups in total. The number of rotatable bonds is 6. The minimum Gasteiger partial charge on any atom is -0.466 e. The highest BCUT2D eigenvalue weighted by Crippen LogP contribution is 2.20. The Kier molecular flexibility index (Phi) is 5.39. The van der Waals surface area contributed by atoms with Crippen molar-refractivity contribution in [3.63, 3.8) is 0 Å². The highest BCUT2D eigenvalue weighted by molar-refractivity contribution is 5.97. The number of primary amides is 1. The van der Waals surface area contributed by atoms with Crippen LogP contribution in [0, 0.1) is 32.5 Å². The van der Waals surface area contributed by atoms with Gasteiger partial charge in [0.15, 0.2) is 0 Å². The summed E-state index contributed by atoms with van der Waals surface area (Å²) in [5.74, 6) is -0.507. The zero-order valence-electron chi connectivity index (χ0n) is 14.0. The molecule has 128 valence electrons. The maximum atomic E-state index is 12.9. The van der Waals surface area contributed by atoms with E-state index in [1.807, 2.05) is 6.92 Å². The molecular formula is C18H21FN2O3. The van der Waals surface area contributed by atoms with Crippen molar-refractivity contribution >= 4 is 11.8 Å². The van der Waals surface area contributed by atoms with Crippen molar-refractivity contribution in [1.82, 2.24) is 5.32 Å². The molecule has 6 heteroatoms. The Morgan fingerprint density at radius 1 is 1.17 bits per heavy atom. The third-order valence-electron chi connectivity index (χ3n) is 4.10. The van der Waals surface area contributed by atoms with E-state index in [2.05, 4.69) is 5.32 Å². The Labute approximate surface area is 140 Å². The third-order valence-corrected chi connectivity index (χ3v) is 4.10. The molecule has 0 spiro atoms. The largest absolute Gasteiger partial charge is 0.466 e. The molecule has 0 aliphatic rings. The van der Waals surface area contributed by atoms with E-state index in [1.165, 1.54) is 12.1 Å². The minimum absolute atomic E-state index is 0.106. The van der Waals surface area contributed by atoms with Gasteiger partial charge in [0.25, 0.3) is 5.91 Å². The number of hydrogen-bond acceptors (Lipinski definition) is 3. The number of nitrogens with two attached hydrogens (primary N) is 1. The first-order valence-electron chi connectivity index (χ1n) is 7.68. The lowest BCUT2D eigenvalue weighted by molar-refractivity contribution is -0.121. The number of halogens is 1. The summed E-state index contributed by atoms with van der Waals surface area (Å²) in [5, 5.41) is 2.73. The fourth-order valence-electron chi connectivity index (χ4n) is 2.61. The van der Waals surface area contributed by atoms with Gasteiger partial charge in [-0.1, -0.05) is 12.1 Å². The van der Waals surface area contributed by atoms with Crippen LogP contribution in [0.15, 0.2) is 28.7 Å². The Hall–Kier alpha value is -2.63. The molecule has 0 saturated heterocycles. The zero-order chi connectivity index (χ0) is 17.9. The van der Waals surface area contributed by atoms with Gasteiger partial charge in [-0.05, 0) is 44.9 Å². The molecule has 1 atom stereocenters. The summed E-state index contributed by atoms with van der Waals surface area (Å²) in [5.41, 5.74) is 7.46. The number of hydrogen-bond donors (Lipinski definition) is 2. The van der Waals surface area contributed by atoms with Crippen LogP contribution >= 0.6 is 0 Å². The van der Waals surface area contributed by atoms with Crippen LogP contribution in [0.3, 0.4) is 0 Å². The average Bonchev–Trinajstić information content (AvgIpc) is 2.77. The van der Waals surface area contributed by atoms with E-state index in [4.69, 9.17) is 10.2 Å². The fraction of sp³-hybridized carbons (Fsp3) is 0.333. The van der Waals surface area contributed by atoms with Crippen molar-refractivity contribution < 1.29 is 18.4 Å². The normalized spacial score (nSPS) is 12.0. The topological polar surface area (TPSA) is 85.3 Å². The van der Waals surface area contributed by atoms with Gasteiger partial charge in [-0.3, -0.25) is 9.59 Å². The van der Waals surface area contributed by atoms with Crippen molar-refractivity contribution in [1.29, 1.82) is 0 Å². The maximum absolute atomic E-state index is 12.9. The lowest BCUT2D eigenvalue weighted by Gasteiger charge is -2.14. The highest BCUT2D eigenvalue weighted by Gasteiger charge is 2.21. The number of amides is 2. The lowest BCUT2D eigenvalue weighted by Crippen LogP contribution is -2.37. The van der Waals surface area contributed by atoms with Crippen molar-refractivity contribution in [3.8, 4) is 0 Å². The van der Waals surface area contributed by atoms with Crippen LogP contribution in [0.2, 0.25) is 0 Å². The summed E-state index contributed by atoms with van der Waals surface area (Å²) in [6, 6.07) is 5.85. The van der Waals surface area contributed by atoms with Gasteiger partial charge in [-0.2, -0.15) is 0 Å². The average molecular weight is 332 g/mol. The van der Waals surface area contributed by atoms with Gasteiger partial charge in [0.2, 0.25) is 5.91 Å². The Balaban J connectivity index is 2.04. The lowest BCUT2D eigenvalue weighted by atomic mass is 9.98. The van der Waals surface area contributed by atoms with E-state index in [-0.39, 0.29) is 18.3 Å². The number of aryl methyl sites for hydroxylation is 2. The van der Waals surface area contributed by atoms with Crippen molar-refractivity contribution in [2.24, 2.45) is 11.7 Å². The number of carbonyl (C=O) groups excluding carboxylic acids is 2. The summed E-state index contributed by atoms with van der Waals surface area (Å²) in [4.78, 5) is 24.0. The second-order valence-corrected chi connectivity index (χ2v) is 5.85. The van der Waals surface area contributed by atoms with Gasteiger partial charge in [0.05, 0.1) is 11.5 Å². The second kappa shape index (κ2) is 7.29. The molecular weight excluding hydrogens is 311 g/mol. The van der Waals surface area contributed by atoms with E-state index < -0.39 is 11.8 Å². The summed E-state index contributed by atoms with van der Waals surface area (Å²) in [6.07, 6.45) is 0.332. The molecule has 1 heterocycles. The van der Waals surface area contributed by atoms with Gasteiger partial charge in [0.1, 0.15) is 17.3 Å². The molecule has 2 amide bonds. The first-order chi connectivity index (χ1) is 11.3. The van der Waals surface area contributed by atoms with Gasteiger partial charge >= 0.3 is 0 Å². The quantitative estimate of drug-likeness (QED) is 0.852. The van der Waals surface area contributed by atoms with E-state index in [1.54, 1.807) is 26.0 Å². The molecule has 0 unspecified atom stereocenters. The highest BCUT2D eigenvalue weighted by atomic mass is 19.1. The Morgan fingerprint density at radius 2 is 1.79 bits per heavy atom. The Morgan fingerprint density at radius 3 is 2.29 bits per heavy atom. The molecule has 0 saturated carbocycles. The number of benzene rings is 1. The third kappa shape index (κ3) is 4.01. The first kappa shape index (κ1) is 17.7. The molecule has 2 rings (SSSR count). The smallest absolute Gasteiger partial charge is 0.255 e. The fourth-order valence-corrected chi connectivity index (χ4v) is 2.61. The molecule has 5 nitrogen and oxygen atoms in total. The van der Waals surface area contributed by atoms with Gasteiger partial charge < -0.3 is 15.5 Å². The molecule has 0 aliphatic heterocycles. The van der Waals surface area contributed by atoms with Crippen LogP contribution in [0.5, 0.6) is 0 Å². The predicted octanol–water partition coefficient (Wildman–Crippen LogP) is 2.42. The van der Waals surface area contributed by atoms with Crippen molar-refractivity contribution in [2.45, 2.75) is 27.2 Å². The summed E-state index contributed by atoms with van der Waals surface area (Å²) < 4.78 is 18.4. The van der Waals surface area contributed by atoms with E-state index in [0.29, 0.717) is 23.5 Å². The van der Waals surface area contributed by atoms with Crippen LogP contribution in [-0.2, 0) is 11.2 Å². The standard InChI is InChI=1S/C18H21FN2O3/c1-10-11(2)24-12(3)16(10)18(23)21-9-14(17(20)22)8-13-4-6-15(19)7-5-13/h4-7,14H,8-9H2,1-3H3,(H2,20,22)(H,21,23)/t14-/m1/s1. The SMILES string of the molecule is Cc1oc(C)c(C(=O)NC[C@@H](Cc2ccc(F)cc2)C(N)=O)c1C. The molecule has 24 heavy (non-hydrogen) atoms. The van der Waals surface area contributed by atoms with Gasteiger partial charge in [-0.25, -0.2) is 4.39 Å². The van der Waals surface area contributed by atoms with Crippen LogP contribution in [0.1, 0.15) is 33.0 Å². The van der Waals surface area contributed by atoms with E-state index in [0.717, 1.165) is 11.1 Å². The number of carbonyl (C=O) groups is 2. The molecule has 0 radical (unpaired) electrons. The molecule has 0 fully saturated rings. The maximum Gasteiger partial charge on any atom is 0.255 e. The van der Waals surface area contributed by atoms with E-state index >= 15 is 0 Å². The zero-order valence-corrected chi connectivity index (χ0v) is 14.0. The molecule has 1 aromatic carbocycles. The van der Waals surface area contributed by atoms with Gasteiger partial charge in [0, 0.05) is 12.1 Å². The predicted molar refractivity (Wildman–Crippen MR) is 88.0 cm³/mol. The van der Waals surface area contributed by atoms with Gasteiger partial charge in [-0.15, -0.1) is 0 Å². The number of nitrogens with one attached hydrogen (secondary N) is 1. The Bertz CT molecular complexity index is 750. The van der Waals surface area contributed by atoms with Crippen molar-refractivity contribution in [2.75, 3.05) is 6.54 Å². The molecule has 0 aliphatic carbocycles. The van der Waals surface area contributed by atoms with Crippen LogP contribution in [0.4, 0.5) is 4.39 Å². The monoisotopic (exact) mass is 332 g/mol. The van der Waals surface area contributed by atoms with Crippen LogP contribution < -0.4 is 11.1 Å². The second-order valence-electron chi connectivity index (χ2n) is 5.85. The summed E-state index contributed by atoms with van der Waals surface area (Å²) in [7, 11) is 0. The molecule has 1 aromatic heterocycles. The minimum atomic E-state index is -0.576. The van der Waals surface area contributed by atoms with Crippen LogP contribution in [-0.4, -0.2) is 18.4 Å². The molecule has 2 aromatic rings. The van der Waals surface area contributed by atoms with Crippen molar-refractivity contribution in [3.05, 3.63) is 58.3 Å². The number of furan rings is 1. The molecule has 0 bridgehead atoms. The van der Waals surface area contributed by atoms with E-state index in [9.17, 15) is 14.0 Å². The first-order valence-corrected chi connectivity index (χ1v) is 7.68. The van der Waals surface area contributed by atoms with Crippen LogP contribution in [0.25, 0.3) is 0 Å².